The van der Waals surface area contributed by atoms with Crippen LogP contribution in [0.2, 0.25) is 0 Å². The fraction of sp³-hybridized carbons (Fsp3) is 0.933. The van der Waals surface area contributed by atoms with Crippen LogP contribution in [0.5, 0.6) is 0 Å². The Labute approximate surface area is 116 Å². The molecular formula is C15H28N2O2. The van der Waals surface area contributed by atoms with Gasteiger partial charge >= 0.3 is 0 Å². The van der Waals surface area contributed by atoms with E-state index in [1.54, 1.807) is 0 Å². The highest BCUT2D eigenvalue weighted by atomic mass is 16.3. The average Bonchev–Trinajstić information content (AvgIpc) is 3.05. The first kappa shape index (κ1) is 14.8. The van der Waals surface area contributed by atoms with E-state index in [4.69, 9.17) is 0 Å². The molecular weight excluding hydrogens is 240 g/mol. The molecule has 4 nitrogen and oxygen atoms in total. The zero-order valence-electron chi connectivity index (χ0n) is 12.1. The maximum absolute atomic E-state index is 12.5. The SMILES string of the molecule is CCCC1(C(=O)NCC2CCCC2CO)CCCN1. The molecule has 0 bridgehead atoms. The summed E-state index contributed by atoms with van der Waals surface area (Å²) in [6.45, 7) is 4.08. The summed E-state index contributed by atoms with van der Waals surface area (Å²) in [6, 6.07) is 0. The zero-order valence-corrected chi connectivity index (χ0v) is 12.1. The number of amides is 1. The van der Waals surface area contributed by atoms with E-state index >= 15 is 0 Å². The number of hydrogen-bond acceptors (Lipinski definition) is 3. The van der Waals surface area contributed by atoms with Crippen LogP contribution in [0, 0.1) is 11.8 Å². The number of carbonyl (C=O) groups is 1. The van der Waals surface area contributed by atoms with Crippen LogP contribution in [-0.2, 0) is 4.79 Å². The van der Waals surface area contributed by atoms with Crippen LogP contribution in [0.3, 0.4) is 0 Å². The van der Waals surface area contributed by atoms with Gasteiger partial charge in [0.2, 0.25) is 5.91 Å². The first-order valence-corrected chi connectivity index (χ1v) is 7.86. The van der Waals surface area contributed by atoms with Crippen molar-refractivity contribution in [3.05, 3.63) is 0 Å². The lowest BCUT2D eigenvalue weighted by Gasteiger charge is -2.29. The lowest BCUT2D eigenvalue weighted by atomic mass is 9.90. The van der Waals surface area contributed by atoms with Gasteiger partial charge in [-0.2, -0.15) is 0 Å². The predicted molar refractivity (Wildman–Crippen MR) is 75.8 cm³/mol. The third kappa shape index (κ3) is 3.29. The predicted octanol–water partition coefficient (Wildman–Crippen LogP) is 1.43. The van der Waals surface area contributed by atoms with Gasteiger partial charge in [-0.05, 0) is 50.5 Å². The molecule has 0 spiro atoms. The van der Waals surface area contributed by atoms with Crippen LogP contribution in [0.25, 0.3) is 0 Å². The number of rotatable bonds is 6. The molecule has 2 aliphatic rings. The number of aliphatic hydroxyl groups excluding tert-OH is 1. The van der Waals surface area contributed by atoms with Gasteiger partial charge in [0.05, 0.1) is 5.54 Å². The highest BCUT2D eigenvalue weighted by molar-refractivity contribution is 5.86. The summed E-state index contributed by atoms with van der Waals surface area (Å²) in [7, 11) is 0. The Morgan fingerprint density at radius 3 is 2.79 bits per heavy atom. The van der Waals surface area contributed by atoms with Crippen molar-refractivity contribution in [3.8, 4) is 0 Å². The summed E-state index contributed by atoms with van der Waals surface area (Å²) in [6.07, 6.45) is 7.44. The van der Waals surface area contributed by atoms with Crippen LogP contribution < -0.4 is 10.6 Å². The fourth-order valence-electron chi connectivity index (χ4n) is 3.77. The molecule has 3 atom stereocenters. The van der Waals surface area contributed by atoms with E-state index in [-0.39, 0.29) is 18.1 Å². The number of carbonyl (C=O) groups excluding carboxylic acids is 1. The smallest absolute Gasteiger partial charge is 0.240 e. The van der Waals surface area contributed by atoms with Crippen LogP contribution in [0.15, 0.2) is 0 Å². The summed E-state index contributed by atoms with van der Waals surface area (Å²) >= 11 is 0. The van der Waals surface area contributed by atoms with Crippen molar-refractivity contribution in [2.75, 3.05) is 19.7 Å². The van der Waals surface area contributed by atoms with E-state index in [2.05, 4.69) is 17.6 Å². The number of nitrogens with one attached hydrogen (secondary N) is 2. The van der Waals surface area contributed by atoms with Crippen LogP contribution >= 0.6 is 0 Å². The standard InChI is InChI=1S/C15H28N2O2/c1-2-7-15(8-4-9-17-15)14(19)16-10-12-5-3-6-13(12)11-18/h12-13,17-18H,2-11H2,1H3,(H,16,19). The minimum absolute atomic E-state index is 0.176. The van der Waals surface area contributed by atoms with Crippen molar-refractivity contribution >= 4 is 5.91 Å². The quantitative estimate of drug-likeness (QED) is 0.683. The van der Waals surface area contributed by atoms with Crippen LogP contribution in [0.1, 0.15) is 51.9 Å². The van der Waals surface area contributed by atoms with Gasteiger partial charge < -0.3 is 15.7 Å². The molecule has 1 saturated carbocycles. The summed E-state index contributed by atoms with van der Waals surface area (Å²) in [5.74, 6) is 1.03. The second kappa shape index (κ2) is 6.71. The Bertz CT molecular complexity index is 301. The molecule has 1 aliphatic carbocycles. The summed E-state index contributed by atoms with van der Waals surface area (Å²) < 4.78 is 0. The Balaban J connectivity index is 1.85. The Kier molecular flexibility index (Phi) is 5.22. The first-order valence-electron chi connectivity index (χ1n) is 7.86. The lowest BCUT2D eigenvalue weighted by molar-refractivity contribution is -0.127. The molecule has 19 heavy (non-hydrogen) atoms. The fourth-order valence-corrected chi connectivity index (χ4v) is 3.77. The van der Waals surface area contributed by atoms with Gasteiger partial charge in [0.25, 0.3) is 0 Å². The molecule has 1 amide bonds. The molecule has 1 saturated heterocycles. The molecule has 0 aromatic carbocycles. The minimum atomic E-state index is -0.317. The van der Waals surface area contributed by atoms with Crippen molar-refractivity contribution in [1.29, 1.82) is 0 Å². The molecule has 3 unspecified atom stereocenters. The molecule has 0 radical (unpaired) electrons. The summed E-state index contributed by atoms with van der Waals surface area (Å²) in [5, 5.41) is 15.9. The monoisotopic (exact) mass is 268 g/mol. The molecule has 110 valence electrons. The molecule has 4 heteroatoms. The largest absolute Gasteiger partial charge is 0.396 e. The highest BCUT2D eigenvalue weighted by Crippen LogP contribution is 2.31. The molecule has 0 aromatic rings. The zero-order chi connectivity index (χ0) is 13.7. The Hall–Kier alpha value is -0.610. The summed E-state index contributed by atoms with van der Waals surface area (Å²) in [4.78, 5) is 12.5. The van der Waals surface area contributed by atoms with Gasteiger partial charge in [-0.15, -0.1) is 0 Å². The van der Waals surface area contributed by atoms with E-state index < -0.39 is 0 Å². The van der Waals surface area contributed by atoms with E-state index in [1.165, 1.54) is 6.42 Å². The maximum Gasteiger partial charge on any atom is 0.240 e. The summed E-state index contributed by atoms with van der Waals surface area (Å²) in [5.41, 5.74) is -0.317. The highest BCUT2D eigenvalue weighted by Gasteiger charge is 2.40. The first-order chi connectivity index (χ1) is 9.22. The second-order valence-corrected chi connectivity index (χ2v) is 6.21. The molecule has 1 aliphatic heterocycles. The van der Waals surface area contributed by atoms with Gasteiger partial charge in [0.15, 0.2) is 0 Å². The van der Waals surface area contributed by atoms with Crippen molar-refractivity contribution in [1.82, 2.24) is 10.6 Å². The molecule has 2 fully saturated rings. The Morgan fingerprint density at radius 2 is 2.16 bits per heavy atom. The van der Waals surface area contributed by atoms with E-state index in [0.717, 1.165) is 51.6 Å². The van der Waals surface area contributed by atoms with Gasteiger partial charge in [-0.25, -0.2) is 0 Å². The second-order valence-electron chi connectivity index (χ2n) is 6.21. The molecule has 3 N–H and O–H groups in total. The van der Waals surface area contributed by atoms with Gasteiger partial charge in [-0.3, -0.25) is 4.79 Å². The molecule has 2 rings (SSSR count). The minimum Gasteiger partial charge on any atom is -0.396 e. The van der Waals surface area contributed by atoms with Crippen LogP contribution in [-0.4, -0.2) is 36.2 Å². The van der Waals surface area contributed by atoms with Crippen molar-refractivity contribution < 1.29 is 9.90 Å². The normalized spacial score (nSPS) is 34.6. The van der Waals surface area contributed by atoms with Gasteiger partial charge in [0.1, 0.15) is 0 Å². The third-order valence-corrected chi connectivity index (χ3v) is 4.93. The topological polar surface area (TPSA) is 61.4 Å². The van der Waals surface area contributed by atoms with Crippen LogP contribution in [0.4, 0.5) is 0 Å². The molecule has 1 heterocycles. The van der Waals surface area contributed by atoms with E-state index in [9.17, 15) is 9.90 Å². The molecule has 0 aromatic heterocycles. The van der Waals surface area contributed by atoms with Gasteiger partial charge in [0, 0.05) is 13.2 Å². The van der Waals surface area contributed by atoms with Crippen molar-refractivity contribution in [3.63, 3.8) is 0 Å². The average molecular weight is 268 g/mol. The Morgan fingerprint density at radius 1 is 1.37 bits per heavy atom. The number of aliphatic hydroxyl groups is 1. The lowest BCUT2D eigenvalue weighted by Crippen LogP contribution is -2.54. The van der Waals surface area contributed by atoms with Crippen molar-refractivity contribution in [2.45, 2.75) is 57.4 Å². The maximum atomic E-state index is 12.5. The van der Waals surface area contributed by atoms with E-state index in [0.29, 0.717) is 11.8 Å². The van der Waals surface area contributed by atoms with E-state index in [1.807, 2.05) is 0 Å². The third-order valence-electron chi connectivity index (χ3n) is 4.93. The van der Waals surface area contributed by atoms with Gasteiger partial charge in [-0.1, -0.05) is 19.8 Å². The number of hydrogen-bond donors (Lipinski definition) is 3. The van der Waals surface area contributed by atoms with Crippen molar-refractivity contribution in [2.24, 2.45) is 11.8 Å².